The fraction of sp³-hybridized carbons (Fsp3) is 0.467. The van der Waals surface area contributed by atoms with Crippen LogP contribution in [0.25, 0.3) is 10.2 Å². The molecule has 0 unspecified atom stereocenters. The normalized spacial score (nSPS) is 14.3. The van der Waals surface area contributed by atoms with Crippen molar-refractivity contribution in [2.24, 2.45) is 7.05 Å². The van der Waals surface area contributed by atoms with Gasteiger partial charge in [-0.15, -0.1) is 11.3 Å². The molecule has 4 rings (SSSR count). The van der Waals surface area contributed by atoms with Gasteiger partial charge in [-0.2, -0.15) is 4.37 Å². The maximum atomic E-state index is 12.8. The molecular formula is C15H16N4OS3. The van der Waals surface area contributed by atoms with Gasteiger partial charge in [0.1, 0.15) is 10.7 Å². The third kappa shape index (κ3) is 2.62. The molecule has 3 heterocycles. The van der Waals surface area contributed by atoms with Gasteiger partial charge in [-0.05, 0) is 54.5 Å². The number of aromatic nitrogens is 4. The summed E-state index contributed by atoms with van der Waals surface area (Å²) in [6.45, 7) is 2.03. The molecule has 0 saturated heterocycles. The molecule has 0 N–H and O–H groups in total. The Labute approximate surface area is 146 Å². The maximum Gasteiger partial charge on any atom is 0.262 e. The van der Waals surface area contributed by atoms with E-state index in [2.05, 4.69) is 9.36 Å². The predicted molar refractivity (Wildman–Crippen MR) is 94.9 cm³/mol. The molecule has 0 aliphatic heterocycles. The van der Waals surface area contributed by atoms with Crippen molar-refractivity contribution in [3.8, 4) is 0 Å². The largest absolute Gasteiger partial charge is 0.290 e. The van der Waals surface area contributed by atoms with Gasteiger partial charge in [-0.1, -0.05) is 6.92 Å². The molecule has 0 spiro atoms. The summed E-state index contributed by atoms with van der Waals surface area (Å²) in [6.07, 6.45) is 5.29. The van der Waals surface area contributed by atoms with E-state index in [1.807, 2.05) is 6.92 Å². The van der Waals surface area contributed by atoms with Crippen molar-refractivity contribution < 1.29 is 0 Å². The molecule has 1 aliphatic rings. The summed E-state index contributed by atoms with van der Waals surface area (Å²) >= 11 is 4.48. The zero-order chi connectivity index (χ0) is 16.0. The van der Waals surface area contributed by atoms with Crippen LogP contribution in [0.1, 0.15) is 36.0 Å². The zero-order valence-electron chi connectivity index (χ0n) is 13.0. The molecule has 120 valence electrons. The molecule has 1 aliphatic carbocycles. The van der Waals surface area contributed by atoms with Crippen LogP contribution in [0.2, 0.25) is 0 Å². The highest BCUT2D eigenvalue weighted by Crippen LogP contribution is 2.35. The molecular weight excluding hydrogens is 348 g/mol. The van der Waals surface area contributed by atoms with Crippen LogP contribution in [0, 0.1) is 0 Å². The molecule has 3 aromatic heterocycles. The molecule has 8 heteroatoms. The Morgan fingerprint density at radius 1 is 1.26 bits per heavy atom. The SMILES string of the molecule is CCc1nsc(Sc2nc3sc4c(c3c(=O)n2C)CCCC4)n1. The Morgan fingerprint density at radius 2 is 2.09 bits per heavy atom. The molecule has 0 radical (unpaired) electrons. The van der Waals surface area contributed by atoms with Crippen molar-refractivity contribution in [1.82, 2.24) is 18.9 Å². The second-order valence-corrected chi connectivity index (χ2v) is 8.63. The number of thiophene rings is 1. The van der Waals surface area contributed by atoms with E-state index in [0.29, 0.717) is 5.16 Å². The van der Waals surface area contributed by atoms with Gasteiger partial charge in [-0.25, -0.2) is 9.97 Å². The van der Waals surface area contributed by atoms with Crippen molar-refractivity contribution in [2.75, 3.05) is 0 Å². The van der Waals surface area contributed by atoms with Gasteiger partial charge in [-0.3, -0.25) is 9.36 Å². The van der Waals surface area contributed by atoms with Crippen LogP contribution in [0.4, 0.5) is 0 Å². The molecule has 23 heavy (non-hydrogen) atoms. The number of rotatable bonds is 3. The van der Waals surface area contributed by atoms with Gasteiger partial charge in [0.05, 0.1) is 5.39 Å². The van der Waals surface area contributed by atoms with Crippen LogP contribution in [0.15, 0.2) is 14.3 Å². The van der Waals surface area contributed by atoms with Crippen LogP contribution in [0.5, 0.6) is 0 Å². The van der Waals surface area contributed by atoms with Gasteiger partial charge in [0, 0.05) is 18.3 Å². The third-order valence-electron chi connectivity index (χ3n) is 4.10. The summed E-state index contributed by atoms with van der Waals surface area (Å²) in [5, 5.41) is 1.53. The first-order valence-electron chi connectivity index (χ1n) is 7.69. The molecule has 0 aromatic carbocycles. The second-order valence-electron chi connectivity index (χ2n) is 5.58. The number of nitrogens with zero attached hydrogens (tertiary/aromatic N) is 4. The summed E-state index contributed by atoms with van der Waals surface area (Å²) < 4.78 is 6.79. The van der Waals surface area contributed by atoms with Crippen LogP contribution < -0.4 is 5.56 Å². The number of fused-ring (bicyclic) bond motifs is 3. The van der Waals surface area contributed by atoms with E-state index < -0.39 is 0 Å². The van der Waals surface area contributed by atoms with Crippen molar-refractivity contribution in [3.05, 3.63) is 26.6 Å². The fourth-order valence-corrected chi connectivity index (χ4v) is 5.82. The second kappa shape index (κ2) is 5.99. The molecule has 0 fully saturated rings. The highest BCUT2D eigenvalue weighted by molar-refractivity contribution is 8.00. The van der Waals surface area contributed by atoms with Gasteiger partial charge in [0.25, 0.3) is 5.56 Å². The standard InChI is InChI=1S/C15H16N4OS3/c1-3-10-16-15(23-18-10)22-14-17-12-11(13(20)19(14)2)8-6-4-5-7-9(8)21-12/h3-7H2,1-2H3. The topological polar surface area (TPSA) is 60.7 Å². The Balaban J connectivity index is 1.81. The molecule has 5 nitrogen and oxygen atoms in total. The van der Waals surface area contributed by atoms with Gasteiger partial charge in [0.2, 0.25) is 0 Å². The highest BCUT2D eigenvalue weighted by atomic mass is 32.2. The zero-order valence-corrected chi connectivity index (χ0v) is 15.4. The predicted octanol–water partition coefficient (Wildman–Crippen LogP) is 3.44. The molecule has 0 amide bonds. The number of hydrogen-bond acceptors (Lipinski definition) is 7. The number of aryl methyl sites for hydroxylation is 3. The minimum Gasteiger partial charge on any atom is -0.290 e. The first kappa shape index (κ1) is 15.3. The van der Waals surface area contributed by atoms with Crippen LogP contribution in [0.3, 0.4) is 0 Å². The lowest BCUT2D eigenvalue weighted by molar-refractivity contribution is 0.695. The Morgan fingerprint density at radius 3 is 2.87 bits per heavy atom. The Kier molecular flexibility index (Phi) is 3.98. The Hall–Kier alpha value is -1.25. The molecule has 0 saturated carbocycles. The van der Waals surface area contributed by atoms with E-state index >= 15 is 0 Å². The minimum absolute atomic E-state index is 0.0668. The fourth-order valence-electron chi connectivity index (χ4n) is 2.86. The summed E-state index contributed by atoms with van der Waals surface area (Å²) in [4.78, 5) is 24.3. The van der Waals surface area contributed by atoms with E-state index in [-0.39, 0.29) is 5.56 Å². The lowest BCUT2D eigenvalue weighted by Gasteiger charge is -2.10. The van der Waals surface area contributed by atoms with E-state index in [0.717, 1.165) is 39.6 Å². The average molecular weight is 365 g/mol. The van der Waals surface area contributed by atoms with Crippen LogP contribution in [-0.4, -0.2) is 18.9 Å². The van der Waals surface area contributed by atoms with Crippen molar-refractivity contribution in [2.45, 2.75) is 48.5 Å². The summed E-state index contributed by atoms with van der Waals surface area (Å²) in [7, 11) is 1.80. The molecule has 3 aromatic rings. The molecule has 0 bridgehead atoms. The molecule has 0 atom stereocenters. The van der Waals surface area contributed by atoms with Crippen LogP contribution >= 0.6 is 34.6 Å². The Bertz CT molecular complexity index is 940. The summed E-state index contributed by atoms with van der Waals surface area (Å²) in [6, 6.07) is 0. The average Bonchev–Trinajstić information content (AvgIpc) is 3.16. The highest BCUT2D eigenvalue weighted by Gasteiger charge is 2.21. The van der Waals surface area contributed by atoms with Gasteiger partial charge < -0.3 is 0 Å². The lowest BCUT2D eigenvalue weighted by Crippen LogP contribution is -2.20. The smallest absolute Gasteiger partial charge is 0.262 e. The van der Waals surface area contributed by atoms with E-state index in [1.54, 1.807) is 23.0 Å². The van der Waals surface area contributed by atoms with E-state index in [9.17, 15) is 4.79 Å². The number of hydrogen-bond donors (Lipinski definition) is 0. The van der Waals surface area contributed by atoms with Gasteiger partial charge >= 0.3 is 0 Å². The third-order valence-corrected chi connectivity index (χ3v) is 7.12. The van der Waals surface area contributed by atoms with Gasteiger partial charge in [0.15, 0.2) is 9.50 Å². The lowest BCUT2D eigenvalue weighted by atomic mass is 9.97. The van der Waals surface area contributed by atoms with Crippen molar-refractivity contribution in [1.29, 1.82) is 0 Å². The first-order valence-corrected chi connectivity index (χ1v) is 10.1. The van der Waals surface area contributed by atoms with Crippen molar-refractivity contribution in [3.63, 3.8) is 0 Å². The summed E-state index contributed by atoms with van der Waals surface area (Å²) in [5.74, 6) is 0.843. The quantitative estimate of drug-likeness (QED) is 0.666. The van der Waals surface area contributed by atoms with Crippen LogP contribution in [-0.2, 0) is 26.3 Å². The maximum absolute atomic E-state index is 12.8. The van der Waals surface area contributed by atoms with E-state index in [4.69, 9.17) is 4.98 Å². The first-order chi connectivity index (χ1) is 11.2. The van der Waals surface area contributed by atoms with Crippen molar-refractivity contribution >= 4 is 44.8 Å². The van der Waals surface area contributed by atoms with E-state index in [1.165, 1.54) is 46.6 Å². The monoisotopic (exact) mass is 364 g/mol. The summed E-state index contributed by atoms with van der Waals surface area (Å²) in [5.41, 5.74) is 1.31. The minimum atomic E-state index is 0.0668.